The lowest BCUT2D eigenvalue weighted by Gasteiger charge is -2.43. The Morgan fingerprint density at radius 1 is 1.21 bits per heavy atom. The molecule has 186 valence electrons. The van der Waals surface area contributed by atoms with Crippen LogP contribution in [0.4, 0.5) is 13.2 Å². The average molecular weight is 519 g/mol. The molecule has 2 atom stereocenters. The maximum absolute atomic E-state index is 13.4. The standard InChI is InChI=1S/C23H27ClF3N2O4P/c24-20-8-7-16(13-19(20)23(25,26)27)18-6-2-1-5-17(18)14-29-11-12-34(32,33)22(15-29,21(30)31)9-3-4-10-28/h1-2,5-8,13H,3-4,9-12,14-15,28H2,(H,30,31)(H,32,33). The normalized spacial score (nSPS) is 23.7. The summed E-state index contributed by atoms with van der Waals surface area (Å²) in [6.07, 6.45) is -3.82. The zero-order valence-electron chi connectivity index (χ0n) is 18.4. The first-order valence-corrected chi connectivity index (χ1v) is 13.1. The molecule has 0 aliphatic carbocycles. The SMILES string of the molecule is NCCCCC1(C(=O)O)CN(Cc2ccccc2-c2ccc(Cl)c(C(F)(F)F)c2)CCP1(=O)O. The smallest absolute Gasteiger partial charge is 0.417 e. The van der Waals surface area contributed by atoms with Gasteiger partial charge in [0.05, 0.1) is 10.6 Å². The van der Waals surface area contributed by atoms with Crippen LogP contribution in [-0.2, 0) is 22.1 Å². The van der Waals surface area contributed by atoms with Crippen LogP contribution in [-0.4, -0.2) is 51.8 Å². The van der Waals surface area contributed by atoms with Gasteiger partial charge in [-0.05, 0) is 48.2 Å². The number of aliphatic carboxylic acids is 1. The van der Waals surface area contributed by atoms with Gasteiger partial charge in [0, 0.05) is 25.8 Å². The fourth-order valence-corrected chi connectivity index (χ4v) is 6.85. The molecule has 0 radical (unpaired) electrons. The highest BCUT2D eigenvalue weighted by atomic mass is 35.5. The third-order valence-electron chi connectivity index (χ3n) is 6.31. The number of unbranched alkanes of at least 4 members (excludes halogenated alkanes) is 1. The lowest BCUT2D eigenvalue weighted by molar-refractivity contribution is -0.141. The number of rotatable bonds is 8. The molecule has 1 saturated heterocycles. The van der Waals surface area contributed by atoms with E-state index in [-0.39, 0.29) is 32.2 Å². The predicted molar refractivity (Wildman–Crippen MR) is 125 cm³/mol. The Labute approximate surface area is 201 Å². The molecule has 0 saturated carbocycles. The van der Waals surface area contributed by atoms with E-state index in [4.69, 9.17) is 17.3 Å². The molecule has 1 heterocycles. The number of carboxylic acids is 1. The Balaban J connectivity index is 1.93. The Morgan fingerprint density at radius 2 is 1.91 bits per heavy atom. The molecule has 1 aliphatic rings. The van der Waals surface area contributed by atoms with Crippen molar-refractivity contribution in [3.63, 3.8) is 0 Å². The zero-order valence-corrected chi connectivity index (χ0v) is 20.0. The first kappa shape index (κ1) is 26.7. The lowest BCUT2D eigenvalue weighted by atomic mass is 9.96. The molecular formula is C23H27ClF3N2O4P. The van der Waals surface area contributed by atoms with Gasteiger partial charge >= 0.3 is 12.1 Å². The maximum atomic E-state index is 13.4. The summed E-state index contributed by atoms with van der Waals surface area (Å²) in [7, 11) is -3.99. The van der Waals surface area contributed by atoms with E-state index in [2.05, 4.69) is 0 Å². The molecule has 1 aliphatic heterocycles. The number of benzene rings is 2. The van der Waals surface area contributed by atoms with E-state index < -0.39 is 35.3 Å². The lowest BCUT2D eigenvalue weighted by Crippen LogP contribution is -2.53. The number of hydrogen-bond acceptors (Lipinski definition) is 4. The van der Waals surface area contributed by atoms with E-state index in [0.29, 0.717) is 36.1 Å². The number of carbonyl (C=O) groups is 1. The molecule has 4 N–H and O–H groups in total. The van der Waals surface area contributed by atoms with Crippen molar-refractivity contribution in [2.24, 2.45) is 5.73 Å². The van der Waals surface area contributed by atoms with Gasteiger partial charge in [-0.2, -0.15) is 13.2 Å². The Bertz CT molecular complexity index is 1100. The minimum Gasteiger partial charge on any atom is -0.480 e. The maximum Gasteiger partial charge on any atom is 0.417 e. The van der Waals surface area contributed by atoms with Crippen LogP contribution < -0.4 is 5.73 Å². The summed E-state index contributed by atoms with van der Waals surface area (Å²) < 4.78 is 53.1. The molecule has 11 heteroatoms. The molecule has 0 amide bonds. The third-order valence-corrected chi connectivity index (χ3v) is 9.34. The summed E-state index contributed by atoms with van der Waals surface area (Å²) in [5.41, 5.74) is 6.12. The summed E-state index contributed by atoms with van der Waals surface area (Å²) in [5, 5.41) is 7.76. The quantitative estimate of drug-likeness (QED) is 0.333. The second kappa shape index (κ2) is 10.4. The molecule has 34 heavy (non-hydrogen) atoms. The van der Waals surface area contributed by atoms with Crippen LogP contribution in [0.1, 0.15) is 30.4 Å². The van der Waals surface area contributed by atoms with Crippen LogP contribution in [0.2, 0.25) is 5.02 Å². The van der Waals surface area contributed by atoms with Crippen LogP contribution in [0, 0.1) is 0 Å². The van der Waals surface area contributed by atoms with Crippen molar-refractivity contribution in [3.05, 3.63) is 58.6 Å². The topological polar surface area (TPSA) is 104 Å². The first-order valence-electron chi connectivity index (χ1n) is 10.8. The number of nitrogens with zero attached hydrogens (tertiary/aromatic N) is 1. The van der Waals surface area contributed by atoms with Gasteiger partial charge in [-0.25, -0.2) is 0 Å². The zero-order chi connectivity index (χ0) is 25.1. The second-order valence-electron chi connectivity index (χ2n) is 8.57. The molecular weight excluding hydrogens is 492 g/mol. The van der Waals surface area contributed by atoms with E-state index in [1.54, 1.807) is 29.2 Å². The fraction of sp³-hybridized carbons (Fsp3) is 0.435. The Morgan fingerprint density at radius 3 is 2.56 bits per heavy atom. The van der Waals surface area contributed by atoms with Gasteiger partial charge in [-0.1, -0.05) is 48.4 Å². The number of nitrogens with two attached hydrogens (primary N) is 1. The van der Waals surface area contributed by atoms with Crippen molar-refractivity contribution < 1.29 is 32.5 Å². The summed E-state index contributed by atoms with van der Waals surface area (Å²) in [6.45, 7) is 0.626. The minimum atomic E-state index is -4.61. The highest BCUT2D eigenvalue weighted by Crippen LogP contribution is 2.59. The average Bonchev–Trinajstić information content (AvgIpc) is 2.76. The van der Waals surface area contributed by atoms with Crippen molar-refractivity contribution in [1.82, 2.24) is 4.90 Å². The summed E-state index contributed by atoms with van der Waals surface area (Å²) in [5.74, 6) is -1.32. The molecule has 1 fully saturated rings. The number of hydrogen-bond donors (Lipinski definition) is 3. The molecule has 3 rings (SSSR count). The predicted octanol–water partition coefficient (Wildman–Crippen LogP) is 5.06. The molecule has 0 aromatic heterocycles. The van der Waals surface area contributed by atoms with Gasteiger partial charge in [-0.15, -0.1) is 0 Å². The summed E-state index contributed by atoms with van der Waals surface area (Å²) >= 11 is 5.76. The highest BCUT2D eigenvalue weighted by molar-refractivity contribution is 7.61. The Kier molecular flexibility index (Phi) is 8.15. The number of carboxylic acid groups (broad SMARTS) is 1. The van der Waals surface area contributed by atoms with E-state index >= 15 is 0 Å². The fourth-order valence-electron chi connectivity index (χ4n) is 4.42. The van der Waals surface area contributed by atoms with Gasteiger partial charge in [0.15, 0.2) is 5.16 Å². The van der Waals surface area contributed by atoms with Gasteiger partial charge in [-0.3, -0.25) is 14.3 Å². The molecule has 2 unspecified atom stereocenters. The van der Waals surface area contributed by atoms with Crippen LogP contribution in [0.5, 0.6) is 0 Å². The number of halogens is 4. The van der Waals surface area contributed by atoms with Crippen molar-refractivity contribution in [2.75, 3.05) is 25.8 Å². The van der Waals surface area contributed by atoms with Crippen molar-refractivity contribution in [2.45, 2.75) is 37.1 Å². The molecule has 6 nitrogen and oxygen atoms in total. The van der Waals surface area contributed by atoms with Gasteiger partial charge in [0.1, 0.15) is 0 Å². The van der Waals surface area contributed by atoms with Crippen LogP contribution in [0.3, 0.4) is 0 Å². The van der Waals surface area contributed by atoms with Gasteiger partial charge < -0.3 is 15.7 Å². The van der Waals surface area contributed by atoms with E-state index in [1.807, 2.05) is 0 Å². The van der Waals surface area contributed by atoms with Gasteiger partial charge in [0.2, 0.25) is 7.37 Å². The third kappa shape index (κ3) is 5.50. The van der Waals surface area contributed by atoms with Crippen molar-refractivity contribution >= 4 is 24.9 Å². The molecule has 0 spiro atoms. The van der Waals surface area contributed by atoms with Crippen molar-refractivity contribution in [3.8, 4) is 11.1 Å². The van der Waals surface area contributed by atoms with E-state index in [9.17, 15) is 32.5 Å². The minimum absolute atomic E-state index is 0.0254. The highest BCUT2D eigenvalue weighted by Gasteiger charge is 2.56. The van der Waals surface area contributed by atoms with Crippen LogP contribution in [0.25, 0.3) is 11.1 Å². The van der Waals surface area contributed by atoms with Gasteiger partial charge in [0.25, 0.3) is 0 Å². The van der Waals surface area contributed by atoms with Crippen LogP contribution in [0.15, 0.2) is 42.5 Å². The molecule has 0 bridgehead atoms. The summed E-state index contributed by atoms with van der Waals surface area (Å²) in [6, 6.07) is 10.6. The second-order valence-corrected chi connectivity index (χ2v) is 11.7. The van der Waals surface area contributed by atoms with E-state index in [0.717, 1.165) is 6.07 Å². The van der Waals surface area contributed by atoms with E-state index in [1.165, 1.54) is 12.1 Å². The molecule has 2 aromatic rings. The van der Waals surface area contributed by atoms with Crippen molar-refractivity contribution in [1.29, 1.82) is 0 Å². The number of alkyl halides is 3. The summed E-state index contributed by atoms with van der Waals surface area (Å²) in [4.78, 5) is 24.6. The molecule has 2 aromatic carbocycles. The Hall–Kier alpha value is -1.90. The monoisotopic (exact) mass is 518 g/mol. The largest absolute Gasteiger partial charge is 0.480 e. The van der Waals surface area contributed by atoms with Crippen LogP contribution >= 0.6 is 19.0 Å². The first-order chi connectivity index (χ1) is 15.9.